The van der Waals surface area contributed by atoms with Crippen LogP contribution in [0, 0.1) is 16.0 Å². The Morgan fingerprint density at radius 2 is 2.04 bits per heavy atom. The topological polar surface area (TPSA) is 93.5 Å². The van der Waals surface area contributed by atoms with Crippen LogP contribution in [0.4, 0.5) is 11.4 Å². The molecule has 0 bridgehead atoms. The first-order valence-corrected chi connectivity index (χ1v) is 8.46. The van der Waals surface area contributed by atoms with E-state index in [1.165, 1.54) is 13.2 Å². The number of nitro groups is 1. The van der Waals surface area contributed by atoms with E-state index in [2.05, 4.69) is 10.6 Å². The van der Waals surface area contributed by atoms with Crippen molar-refractivity contribution >= 4 is 17.3 Å². The average molecular weight is 333 g/mol. The SMILES string of the molecule is COc1cc(N[C@@H]2CCC[C@H](C(=O)NC3CC3)C2)ccc1[N+](=O)[O-]. The summed E-state index contributed by atoms with van der Waals surface area (Å²) in [5, 5.41) is 17.4. The summed E-state index contributed by atoms with van der Waals surface area (Å²) in [6, 6.07) is 5.37. The van der Waals surface area contributed by atoms with Crippen molar-refractivity contribution in [2.45, 2.75) is 50.6 Å². The number of nitrogens with zero attached hydrogens (tertiary/aromatic N) is 1. The average Bonchev–Trinajstić information content (AvgIpc) is 3.38. The third-order valence-corrected chi connectivity index (χ3v) is 4.72. The third kappa shape index (κ3) is 3.96. The first-order valence-electron chi connectivity index (χ1n) is 8.46. The Balaban J connectivity index is 1.62. The molecule has 1 aromatic rings. The summed E-state index contributed by atoms with van der Waals surface area (Å²) in [6.45, 7) is 0. The molecule has 0 saturated heterocycles. The Morgan fingerprint density at radius 3 is 2.71 bits per heavy atom. The fraction of sp³-hybridized carbons (Fsp3) is 0.588. The normalized spacial score (nSPS) is 23.4. The lowest BCUT2D eigenvalue weighted by Crippen LogP contribution is -2.38. The maximum atomic E-state index is 12.2. The Kier molecular flexibility index (Phi) is 4.87. The molecule has 0 aliphatic heterocycles. The third-order valence-electron chi connectivity index (χ3n) is 4.72. The molecule has 2 aliphatic rings. The predicted octanol–water partition coefficient (Wildman–Crippen LogP) is 2.85. The van der Waals surface area contributed by atoms with Crippen LogP contribution in [0.1, 0.15) is 38.5 Å². The summed E-state index contributed by atoms with van der Waals surface area (Å²) in [6.07, 6.45) is 5.92. The molecule has 2 N–H and O–H groups in total. The highest BCUT2D eigenvalue weighted by atomic mass is 16.6. The van der Waals surface area contributed by atoms with E-state index in [1.54, 1.807) is 12.1 Å². The number of nitro benzene ring substituents is 1. The predicted molar refractivity (Wildman–Crippen MR) is 90.2 cm³/mol. The highest BCUT2D eigenvalue weighted by Gasteiger charge is 2.31. The van der Waals surface area contributed by atoms with Gasteiger partial charge < -0.3 is 15.4 Å². The summed E-state index contributed by atoms with van der Waals surface area (Å²) >= 11 is 0. The van der Waals surface area contributed by atoms with Crippen molar-refractivity contribution in [3.05, 3.63) is 28.3 Å². The smallest absolute Gasteiger partial charge is 0.311 e. The van der Waals surface area contributed by atoms with Crippen molar-refractivity contribution in [2.75, 3.05) is 12.4 Å². The highest BCUT2D eigenvalue weighted by molar-refractivity contribution is 5.79. The first kappa shape index (κ1) is 16.5. The van der Waals surface area contributed by atoms with Gasteiger partial charge in [0, 0.05) is 35.8 Å². The quantitative estimate of drug-likeness (QED) is 0.617. The second kappa shape index (κ2) is 7.07. The standard InChI is InChI=1S/C17H23N3O4/c1-24-16-10-14(7-8-15(16)20(22)23)18-13-4-2-3-11(9-13)17(21)19-12-5-6-12/h7-8,10-13,18H,2-6,9H2,1H3,(H,19,21)/t11-,13+/m0/s1. The van der Waals surface area contributed by atoms with Crippen LogP contribution < -0.4 is 15.4 Å². The van der Waals surface area contributed by atoms with E-state index in [1.807, 2.05) is 0 Å². The molecule has 1 amide bonds. The van der Waals surface area contributed by atoms with Gasteiger partial charge in [0.05, 0.1) is 12.0 Å². The molecule has 0 radical (unpaired) electrons. The fourth-order valence-electron chi connectivity index (χ4n) is 3.26. The van der Waals surface area contributed by atoms with Crippen LogP contribution in [-0.2, 0) is 4.79 Å². The van der Waals surface area contributed by atoms with Crippen LogP contribution in [0.2, 0.25) is 0 Å². The van der Waals surface area contributed by atoms with E-state index < -0.39 is 4.92 Å². The number of anilines is 1. The van der Waals surface area contributed by atoms with Gasteiger partial charge in [0.2, 0.25) is 5.91 Å². The van der Waals surface area contributed by atoms with Gasteiger partial charge in [0.15, 0.2) is 5.75 Å². The molecule has 0 unspecified atom stereocenters. The molecule has 3 rings (SSSR count). The molecule has 24 heavy (non-hydrogen) atoms. The van der Waals surface area contributed by atoms with Crippen LogP contribution in [0.15, 0.2) is 18.2 Å². The zero-order chi connectivity index (χ0) is 17.1. The number of carbonyl (C=O) groups is 1. The zero-order valence-electron chi connectivity index (χ0n) is 13.8. The summed E-state index contributed by atoms with van der Waals surface area (Å²) in [7, 11) is 1.42. The minimum absolute atomic E-state index is 0.0478. The number of hydrogen-bond donors (Lipinski definition) is 2. The molecular formula is C17H23N3O4. The number of rotatable bonds is 6. The van der Waals surface area contributed by atoms with E-state index in [9.17, 15) is 14.9 Å². The van der Waals surface area contributed by atoms with Gasteiger partial charge in [-0.05, 0) is 38.2 Å². The lowest BCUT2D eigenvalue weighted by Gasteiger charge is -2.29. The van der Waals surface area contributed by atoms with Crippen LogP contribution >= 0.6 is 0 Å². The first-order chi connectivity index (χ1) is 11.6. The van der Waals surface area contributed by atoms with Gasteiger partial charge in [-0.2, -0.15) is 0 Å². The number of benzene rings is 1. The maximum absolute atomic E-state index is 12.2. The molecule has 0 heterocycles. The fourth-order valence-corrected chi connectivity index (χ4v) is 3.26. The van der Waals surface area contributed by atoms with Gasteiger partial charge >= 0.3 is 5.69 Å². The lowest BCUT2D eigenvalue weighted by molar-refractivity contribution is -0.385. The molecule has 2 saturated carbocycles. The Labute approximate surface area is 140 Å². The van der Waals surface area contributed by atoms with Crippen LogP contribution in [0.25, 0.3) is 0 Å². The van der Waals surface area contributed by atoms with Crippen LogP contribution in [0.3, 0.4) is 0 Å². The van der Waals surface area contributed by atoms with Crippen molar-refractivity contribution in [1.29, 1.82) is 0 Å². The molecule has 2 fully saturated rings. The minimum Gasteiger partial charge on any atom is -0.490 e. The van der Waals surface area contributed by atoms with Gasteiger partial charge in [0.25, 0.3) is 0 Å². The molecule has 0 aromatic heterocycles. The molecule has 2 atom stereocenters. The summed E-state index contributed by atoms with van der Waals surface area (Å²) < 4.78 is 5.10. The molecule has 7 nitrogen and oxygen atoms in total. The number of ether oxygens (including phenoxy) is 1. The summed E-state index contributed by atoms with van der Waals surface area (Å²) in [4.78, 5) is 22.7. The van der Waals surface area contributed by atoms with Gasteiger partial charge in [-0.1, -0.05) is 6.42 Å². The molecule has 1 aromatic carbocycles. The van der Waals surface area contributed by atoms with E-state index in [0.717, 1.165) is 44.2 Å². The second-order valence-electron chi connectivity index (χ2n) is 6.63. The number of hydrogen-bond acceptors (Lipinski definition) is 5. The van der Waals surface area contributed by atoms with E-state index >= 15 is 0 Å². The molecule has 130 valence electrons. The van der Waals surface area contributed by atoms with E-state index in [4.69, 9.17) is 4.74 Å². The van der Waals surface area contributed by atoms with Gasteiger partial charge in [-0.3, -0.25) is 14.9 Å². The molecule has 2 aliphatic carbocycles. The van der Waals surface area contributed by atoms with E-state index in [0.29, 0.717) is 6.04 Å². The molecule has 7 heteroatoms. The van der Waals surface area contributed by atoms with Crippen molar-refractivity contribution in [2.24, 2.45) is 5.92 Å². The zero-order valence-corrected chi connectivity index (χ0v) is 13.8. The number of methoxy groups -OCH3 is 1. The van der Waals surface area contributed by atoms with Crippen LogP contribution in [-0.4, -0.2) is 30.0 Å². The van der Waals surface area contributed by atoms with Crippen molar-refractivity contribution in [1.82, 2.24) is 5.32 Å². The van der Waals surface area contributed by atoms with Crippen molar-refractivity contribution < 1.29 is 14.5 Å². The van der Waals surface area contributed by atoms with Gasteiger partial charge in [-0.15, -0.1) is 0 Å². The Bertz CT molecular complexity index is 630. The maximum Gasteiger partial charge on any atom is 0.311 e. The van der Waals surface area contributed by atoms with Crippen LogP contribution in [0.5, 0.6) is 5.75 Å². The molecule has 0 spiro atoms. The number of nitrogens with one attached hydrogen (secondary N) is 2. The van der Waals surface area contributed by atoms with Crippen molar-refractivity contribution in [3.63, 3.8) is 0 Å². The molecular weight excluding hydrogens is 310 g/mol. The Hall–Kier alpha value is -2.31. The number of amides is 1. The van der Waals surface area contributed by atoms with E-state index in [-0.39, 0.29) is 29.3 Å². The lowest BCUT2D eigenvalue weighted by atomic mass is 9.85. The largest absolute Gasteiger partial charge is 0.490 e. The summed E-state index contributed by atoms with van der Waals surface area (Å²) in [5.41, 5.74) is 0.735. The second-order valence-corrected chi connectivity index (χ2v) is 6.63. The van der Waals surface area contributed by atoms with Crippen molar-refractivity contribution in [3.8, 4) is 5.75 Å². The van der Waals surface area contributed by atoms with Gasteiger partial charge in [-0.25, -0.2) is 0 Å². The monoisotopic (exact) mass is 333 g/mol. The number of carbonyl (C=O) groups excluding carboxylic acids is 1. The Morgan fingerprint density at radius 1 is 1.25 bits per heavy atom. The highest BCUT2D eigenvalue weighted by Crippen LogP contribution is 2.32. The van der Waals surface area contributed by atoms with Gasteiger partial charge in [0.1, 0.15) is 0 Å². The minimum atomic E-state index is -0.457. The summed E-state index contributed by atoms with van der Waals surface area (Å²) in [5.74, 6) is 0.464.